The highest BCUT2D eigenvalue weighted by molar-refractivity contribution is 7.12. The van der Waals surface area contributed by atoms with Crippen molar-refractivity contribution >= 4 is 34.5 Å². The molecule has 0 aliphatic rings. The summed E-state index contributed by atoms with van der Waals surface area (Å²) < 4.78 is 5.16. The molecule has 0 spiro atoms. The number of rotatable bonds is 10. The van der Waals surface area contributed by atoms with E-state index in [2.05, 4.69) is 13.0 Å². The van der Waals surface area contributed by atoms with E-state index in [0.717, 1.165) is 10.4 Å². The van der Waals surface area contributed by atoms with Crippen molar-refractivity contribution in [1.29, 1.82) is 0 Å². The summed E-state index contributed by atoms with van der Waals surface area (Å²) in [5.74, 6) is -0.213. The van der Waals surface area contributed by atoms with Gasteiger partial charge in [-0.15, -0.1) is 22.7 Å². The highest BCUT2D eigenvalue weighted by atomic mass is 32.1. The highest BCUT2D eigenvalue weighted by Gasteiger charge is 2.23. The Balaban J connectivity index is 1.78. The molecule has 30 heavy (non-hydrogen) atoms. The van der Waals surface area contributed by atoms with Crippen LogP contribution in [0.15, 0.2) is 59.3 Å². The zero-order valence-corrected chi connectivity index (χ0v) is 18.9. The molecule has 0 saturated carbocycles. The van der Waals surface area contributed by atoms with E-state index >= 15 is 0 Å². The molecule has 0 aliphatic heterocycles. The Morgan fingerprint density at radius 3 is 2.37 bits per heavy atom. The zero-order chi connectivity index (χ0) is 21.3. The molecule has 0 fully saturated rings. The number of aryl methyl sites for hydroxylation is 1. The lowest BCUT2D eigenvalue weighted by molar-refractivity contribution is -0.133. The molecule has 2 aromatic heterocycles. The van der Waals surface area contributed by atoms with Crippen LogP contribution in [-0.4, -0.2) is 48.4 Å². The molecule has 0 unspecified atom stereocenters. The summed E-state index contributed by atoms with van der Waals surface area (Å²) in [4.78, 5) is 31.4. The van der Waals surface area contributed by atoms with Gasteiger partial charge in [-0.25, -0.2) is 0 Å². The van der Waals surface area contributed by atoms with Crippen LogP contribution in [-0.2, 0) is 22.6 Å². The topological polar surface area (TPSA) is 49.9 Å². The van der Waals surface area contributed by atoms with E-state index in [9.17, 15) is 9.59 Å². The van der Waals surface area contributed by atoms with Crippen molar-refractivity contribution < 1.29 is 14.3 Å². The molecule has 1 aromatic carbocycles. The molecule has 2 amide bonds. The summed E-state index contributed by atoms with van der Waals surface area (Å²) in [5, 5.41) is 3.91. The number of hydrogen-bond donors (Lipinski definition) is 0. The van der Waals surface area contributed by atoms with Crippen LogP contribution < -0.4 is 0 Å². The van der Waals surface area contributed by atoms with Crippen LogP contribution in [0, 0.1) is 6.92 Å². The van der Waals surface area contributed by atoms with Crippen molar-refractivity contribution in [3.05, 3.63) is 80.2 Å². The van der Waals surface area contributed by atoms with Gasteiger partial charge in [0.2, 0.25) is 5.91 Å². The van der Waals surface area contributed by atoms with E-state index < -0.39 is 0 Å². The Morgan fingerprint density at radius 1 is 0.933 bits per heavy atom. The van der Waals surface area contributed by atoms with Gasteiger partial charge < -0.3 is 14.5 Å². The van der Waals surface area contributed by atoms with Crippen LogP contribution in [0.2, 0.25) is 0 Å². The molecular weight excluding hydrogens is 416 g/mol. The molecule has 7 heteroatoms. The van der Waals surface area contributed by atoms with Crippen LogP contribution >= 0.6 is 22.7 Å². The lowest BCUT2D eigenvalue weighted by atomic mass is 10.2. The first kappa shape index (κ1) is 22.2. The number of carbonyl (C=O) groups excluding carboxylic acids is 2. The Labute approximate surface area is 185 Å². The van der Waals surface area contributed by atoms with E-state index in [-0.39, 0.29) is 18.4 Å². The minimum absolute atomic E-state index is 0.0251. The SMILES string of the molecule is COCCN(CC(=O)N(Cc1ccccc1)Cc1sccc1C)C(=O)c1cccs1. The summed E-state index contributed by atoms with van der Waals surface area (Å²) in [7, 11) is 1.59. The number of amides is 2. The molecule has 3 rings (SSSR count). The number of methoxy groups -OCH3 is 1. The fourth-order valence-electron chi connectivity index (χ4n) is 3.05. The first-order chi connectivity index (χ1) is 14.6. The second-order valence-electron chi connectivity index (χ2n) is 6.96. The van der Waals surface area contributed by atoms with Gasteiger partial charge in [-0.3, -0.25) is 9.59 Å². The molecule has 0 radical (unpaired) electrons. The fourth-order valence-corrected chi connectivity index (χ4v) is 4.66. The first-order valence-corrected chi connectivity index (χ1v) is 11.5. The van der Waals surface area contributed by atoms with E-state index in [1.54, 1.807) is 29.4 Å². The summed E-state index contributed by atoms with van der Waals surface area (Å²) >= 11 is 3.03. The number of ether oxygens (including phenoxy) is 1. The van der Waals surface area contributed by atoms with Crippen molar-refractivity contribution in [3.8, 4) is 0 Å². The van der Waals surface area contributed by atoms with Gasteiger partial charge in [0.05, 0.1) is 18.0 Å². The van der Waals surface area contributed by atoms with Crippen LogP contribution in [0.3, 0.4) is 0 Å². The second kappa shape index (κ2) is 11.1. The maximum Gasteiger partial charge on any atom is 0.264 e. The summed E-state index contributed by atoms with van der Waals surface area (Å²) in [6, 6.07) is 15.6. The van der Waals surface area contributed by atoms with Gasteiger partial charge in [0.25, 0.3) is 5.91 Å². The normalized spacial score (nSPS) is 10.7. The van der Waals surface area contributed by atoms with Crippen LogP contribution in [0.1, 0.15) is 25.7 Å². The molecule has 0 atom stereocenters. The van der Waals surface area contributed by atoms with Crippen molar-refractivity contribution in [1.82, 2.24) is 9.80 Å². The van der Waals surface area contributed by atoms with Crippen LogP contribution in [0.4, 0.5) is 0 Å². The lowest BCUT2D eigenvalue weighted by Crippen LogP contribution is -2.43. The average molecular weight is 443 g/mol. The lowest BCUT2D eigenvalue weighted by Gasteiger charge is -2.27. The second-order valence-corrected chi connectivity index (χ2v) is 8.91. The van der Waals surface area contributed by atoms with Crippen LogP contribution in [0.25, 0.3) is 0 Å². The van der Waals surface area contributed by atoms with E-state index in [1.165, 1.54) is 16.9 Å². The Morgan fingerprint density at radius 2 is 1.73 bits per heavy atom. The molecular formula is C23H26N2O3S2. The third-order valence-corrected chi connectivity index (χ3v) is 6.65. The van der Waals surface area contributed by atoms with Crippen LogP contribution in [0.5, 0.6) is 0 Å². The Kier molecular flexibility index (Phi) is 8.19. The average Bonchev–Trinajstić information content (AvgIpc) is 3.43. The Bertz CT molecular complexity index is 939. The number of nitrogens with zero attached hydrogens (tertiary/aromatic N) is 2. The van der Waals surface area contributed by atoms with Gasteiger partial charge in [0, 0.05) is 25.1 Å². The molecule has 0 bridgehead atoms. The maximum absolute atomic E-state index is 13.3. The summed E-state index contributed by atoms with van der Waals surface area (Å²) in [6.45, 7) is 3.87. The monoisotopic (exact) mass is 442 g/mol. The van der Waals surface area contributed by atoms with Gasteiger partial charge in [0.1, 0.15) is 6.54 Å². The largest absolute Gasteiger partial charge is 0.383 e. The van der Waals surface area contributed by atoms with Gasteiger partial charge in [-0.2, -0.15) is 0 Å². The maximum atomic E-state index is 13.3. The third-order valence-electron chi connectivity index (χ3n) is 4.78. The summed E-state index contributed by atoms with van der Waals surface area (Å²) in [6.07, 6.45) is 0. The zero-order valence-electron chi connectivity index (χ0n) is 17.2. The Hall–Kier alpha value is -2.48. The van der Waals surface area contributed by atoms with E-state index in [1.807, 2.05) is 52.1 Å². The molecule has 0 aliphatic carbocycles. The van der Waals surface area contributed by atoms with Crippen molar-refractivity contribution in [3.63, 3.8) is 0 Å². The molecule has 5 nitrogen and oxygen atoms in total. The molecule has 0 N–H and O–H groups in total. The molecule has 3 aromatic rings. The van der Waals surface area contributed by atoms with Gasteiger partial charge in [-0.05, 0) is 40.9 Å². The molecule has 2 heterocycles. The minimum atomic E-state index is -0.137. The number of thiophene rings is 2. The third kappa shape index (κ3) is 6.01. The summed E-state index contributed by atoms with van der Waals surface area (Å²) in [5.41, 5.74) is 2.24. The van der Waals surface area contributed by atoms with Crippen molar-refractivity contribution in [2.45, 2.75) is 20.0 Å². The highest BCUT2D eigenvalue weighted by Crippen LogP contribution is 2.20. The minimum Gasteiger partial charge on any atom is -0.383 e. The predicted molar refractivity (Wildman–Crippen MR) is 122 cm³/mol. The number of hydrogen-bond acceptors (Lipinski definition) is 5. The van der Waals surface area contributed by atoms with Crippen molar-refractivity contribution in [2.75, 3.05) is 26.8 Å². The smallest absolute Gasteiger partial charge is 0.264 e. The standard InChI is InChI=1S/C23H26N2O3S2/c1-18-10-14-30-21(18)16-25(15-19-7-4-3-5-8-19)22(26)17-24(11-12-28-2)23(27)20-9-6-13-29-20/h3-10,13-14H,11-12,15-17H2,1-2H3. The van der Waals surface area contributed by atoms with E-state index in [0.29, 0.717) is 31.1 Å². The predicted octanol–water partition coefficient (Wildman–Crippen LogP) is 4.44. The van der Waals surface area contributed by atoms with Gasteiger partial charge in [-0.1, -0.05) is 36.4 Å². The van der Waals surface area contributed by atoms with Gasteiger partial charge >= 0.3 is 0 Å². The van der Waals surface area contributed by atoms with Crippen molar-refractivity contribution in [2.24, 2.45) is 0 Å². The quantitative estimate of drug-likeness (QED) is 0.467. The van der Waals surface area contributed by atoms with E-state index in [4.69, 9.17) is 4.74 Å². The number of carbonyl (C=O) groups is 2. The first-order valence-electron chi connectivity index (χ1n) is 9.75. The van der Waals surface area contributed by atoms with Gasteiger partial charge in [0.15, 0.2) is 0 Å². The molecule has 0 saturated heterocycles. The fraction of sp³-hybridized carbons (Fsp3) is 0.304. The number of benzene rings is 1. The molecule has 158 valence electrons.